The number of likely N-dealkylation sites (N-methyl/N-ethyl adjacent to an activating group) is 1. The highest BCUT2D eigenvalue weighted by Gasteiger charge is 2.17. The number of carbonyl (C=O) groups excluding carboxylic acids is 2. The highest BCUT2D eigenvalue weighted by atomic mass is 35.5. The van der Waals surface area contributed by atoms with Crippen LogP contribution in [-0.4, -0.2) is 23.8 Å². The smallest absolute Gasteiger partial charge is 0.323 e. The Hall–Kier alpha value is -1.59. The number of hydrogen-bond donors (Lipinski definition) is 2. The van der Waals surface area contributed by atoms with Crippen molar-refractivity contribution in [3.63, 3.8) is 0 Å². The van der Waals surface area contributed by atoms with Gasteiger partial charge in [0.1, 0.15) is 0 Å². The van der Waals surface area contributed by atoms with Gasteiger partial charge < -0.3 is 4.90 Å². The second kappa shape index (κ2) is 5.48. The van der Waals surface area contributed by atoms with Crippen LogP contribution < -0.4 is 11.3 Å². The quantitative estimate of drug-likeness (QED) is 0.338. The van der Waals surface area contributed by atoms with E-state index in [1.807, 2.05) is 6.07 Å². The van der Waals surface area contributed by atoms with Crippen molar-refractivity contribution in [1.29, 1.82) is 0 Å². The first-order valence-corrected chi connectivity index (χ1v) is 4.93. The molecule has 0 unspecified atom stereocenters. The van der Waals surface area contributed by atoms with Gasteiger partial charge in [-0.15, -0.1) is 0 Å². The highest BCUT2D eigenvalue weighted by molar-refractivity contribution is 6.34. The van der Waals surface area contributed by atoms with Crippen molar-refractivity contribution in [2.24, 2.45) is 5.84 Å². The van der Waals surface area contributed by atoms with Crippen molar-refractivity contribution in [2.45, 2.75) is 6.54 Å². The van der Waals surface area contributed by atoms with Gasteiger partial charge in [0.2, 0.25) is 0 Å². The lowest BCUT2D eigenvalue weighted by Gasteiger charge is -2.15. The summed E-state index contributed by atoms with van der Waals surface area (Å²) in [5.74, 6) is 3.32. The number of hydrogen-bond acceptors (Lipinski definition) is 3. The summed E-state index contributed by atoms with van der Waals surface area (Å²) in [6, 6.07) is 7.06. The molecular formula is C10H12ClN3O2. The molecule has 1 rings (SSSR count). The van der Waals surface area contributed by atoms with Crippen LogP contribution in [0.4, 0.5) is 0 Å². The monoisotopic (exact) mass is 241 g/mol. The Labute approximate surface area is 98.1 Å². The van der Waals surface area contributed by atoms with Gasteiger partial charge in [-0.3, -0.25) is 15.0 Å². The molecule has 0 spiro atoms. The maximum Gasteiger partial charge on any atom is 0.323 e. The summed E-state index contributed by atoms with van der Waals surface area (Å²) in [5.41, 5.74) is 2.63. The van der Waals surface area contributed by atoms with E-state index in [1.165, 1.54) is 11.9 Å². The fraction of sp³-hybridized carbons (Fsp3) is 0.200. The van der Waals surface area contributed by atoms with Gasteiger partial charge in [0.05, 0.1) is 0 Å². The van der Waals surface area contributed by atoms with Crippen LogP contribution >= 0.6 is 11.6 Å². The summed E-state index contributed by atoms with van der Waals surface area (Å²) < 4.78 is 0. The van der Waals surface area contributed by atoms with Gasteiger partial charge in [0, 0.05) is 18.6 Å². The van der Waals surface area contributed by atoms with Gasteiger partial charge in [0.25, 0.3) is 0 Å². The minimum atomic E-state index is -0.843. The van der Waals surface area contributed by atoms with Crippen LogP contribution in [-0.2, 0) is 16.1 Å². The van der Waals surface area contributed by atoms with Crippen molar-refractivity contribution in [3.05, 3.63) is 34.9 Å². The number of nitrogens with two attached hydrogens (primary N) is 1. The standard InChI is InChI=1S/C10H12ClN3O2/c1-14(10(16)9(15)13-12)6-7-3-2-4-8(11)5-7/h2-5H,6,12H2,1H3,(H,13,15). The van der Waals surface area contributed by atoms with Crippen LogP contribution in [0.25, 0.3) is 0 Å². The van der Waals surface area contributed by atoms with Crippen LogP contribution in [0.15, 0.2) is 24.3 Å². The molecular weight excluding hydrogens is 230 g/mol. The summed E-state index contributed by atoms with van der Waals surface area (Å²) in [5, 5.41) is 0.585. The molecule has 0 saturated heterocycles. The van der Waals surface area contributed by atoms with E-state index >= 15 is 0 Å². The third kappa shape index (κ3) is 3.22. The number of nitrogens with one attached hydrogen (secondary N) is 1. The van der Waals surface area contributed by atoms with E-state index in [9.17, 15) is 9.59 Å². The van der Waals surface area contributed by atoms with Crippen molar-refractivity contribution in [2.75, 3.05) is 7.05 Å². The van der Waals surface area contributed by atoms with Gasteiger partial charge >= 0.3 is 11.8 Å². The zero-order valence-electron chi connectivity index (χ0n) is 8.74. The van der Waals surface area contributed by atoms with E-state index < -0.39 is 11.8 Å². The largest absolute Gasteiger partial charge is 0.333 e. The minimum Gasteiger partial charge on any atom is -0.333 e. The lowest BCUT2D eigenvalue weighted by atomic mass is 10.2. The van der Waals surface area contributed by atoms with E-state index in [0.717, 1.165) is 5.56 Å². The van der Waals surface area contributed by atoms with Crippen LogP contribution in [0.2, 0.25) is 5.02 Å². The average molecular weight is 242 g/mol. The molecule has 3 N–H and O–H groups in total. The van der Waals surface area contributed by atoms with Crippen molar-refractivity contribution in [3.8, 4) is 0 Å². The van der Waals surface area contributed by atoms with Crippen molar-refractivity contribution < 1.29 is 9.59 Å². The number of rotatable bonds is 2. The topological polar surface area (TPSA) is 75.4 Å². The van der Waals surface area contributed by atoms with Crippen LogP contribution in [0.5, 0.6) is 0 Å². The summed E-state index contributed by atoms with van der Waals surface area (Å²) in [6.07, 6.45) is 0. The molecule has 0 aliphatic carbocycles. The second-order valence-corrected chi connectivity index (χ2v) is 3.70. The molecule has 1 aromatic carbocycles. The first kappa shape index (κ1) is 12.5. The Morgan fingerprint density at radius 3 is 2.75 bits per heavy atom. The molecule has 0 heterocycles. The predicted molar refractivity (Wildman–Crippen MR) is 60.3 cm³/mol. The number of benzene rings is 1. The molecule has 0 radical (unpaired) electrons. The molecule has 0 aliphatic rings. The summed E-state index contributed by atoms with van der Waals surface area (Å²) in [6.45, 7) is 0.298. The van der Waals surface area contributed by atoms with E-state index in [-0.39, 0.29) is 0 Å². The SMILES string of the molecule is CN(Cc1cccc(Cl)c1)C(=O)C(=O)NN. The fourth-order valence-electron chi connectivity index (χ4n) is 1.22. The number of carbonyl (C=O) groups is 2. The van der Waals surface area contributed by atoms with E-state index in [2.05, 4.69) is 0 Å². The summed E-state index contributed by atoms with van der Waals surface area (Å²) in [4.78, 5) is 23.6. The zero-order valence-corrected chi connectivity index (χ0v) is 9.49. The molecule has 0 aromatic heterocycles. The number of hydrazine groups is 1. The molecule has 86 valence electrons. The molecule has 2 amide bonds. The Balaban J connectivity index is 2.67. The maximum absolute atomic E-state index is 11.4. The van der Waals surface area contributed by atoms with Crippen LogP contribution in [0.1, 0.15) is 5.56 Å². The minimum absolute atomic E-state index is 0.298. The number of nitrogens with zero attached hydrogens (tertiary/aromatic N) is 1. The van der Waals surface area contributed by atoms with Crippen molar-refractivity contribution >= 4 is 23.4 Å². The Morgan fingerprint density at radius 1 is 1.50 bits per heavy atom. The first-order valence-electron chi connectivity index (χ1n) is 4.55. The third-order valence-corrected chi connectivity index (χ3v) is 2.22. The van der Waals surface area contributed by atoms with E-state index in [0.29, 0.717) is 11.6 Å². The third-order valence-electron chi connectivity index (χ3n) is 1.98. The molecule has 0 fully saturated rings. The maximum atomic E-state index is 11.4. The molecule has 5 nitrogen and oxygen atoms in total. The lowest BCUT2D eigenvalue weighted by molar-refractivity contribution is -0.145. The average Bonchev–Trinajstić information content (AvgIpc) is 2.27. The molecule has 0 atom stereocenters. The van der Waals surface area contributed by atoms with Gasteiger partial charge in [-0.25, -0.2) is 5.84 Å². The fourth-order valence-corrected chi connectivity index (χ4v) is 1.43. The van der Waals surface area contributed by atoms with Crippen molar-refractivity contribution in [1.82, 2.24) is 10.3 Å². The highest BCUT2D eigenvalue weighted by Crippen LogP contribution is 2.12. The molecule has 1 aromatic rings. The van der Waals surface area contributed by atoms with Crippen LogP contribution in [0.3, 0.4) is 0 Å². The Bertz CT molecular complexity index is 409. The van der Waals surface area contributed by atoms with Gasteiger partial charge in [-0.05, 0) is 17.7 Å². The number of halogens is 1. The lowest BCUT2D eigenvalue weighted by Crippen LogP contribution is -2.43. The molecule has 16 heavy (non-hydrogen) atoms. The summed E-state index contributed by atoms with van der Waals surface area (Å²) >= 11 is 5.79. The van der Waals surface area contributed by atoms with E-state index in [4.69, 9.17) is 17.4 Å². The van der Waals surface area contributed by atoms with Gasteiger partial charge in [0.15, 0.2) is 0 Å². The Kier molecular flexibility index (Phi) is 4.28. The van der Waals surface area contributed by atoms with E-state index in [1.54, 1.807) is 23.6 Å². The van der Waals surface area contributed by atoms with Gasteiger partial charge in [-0.2, -0.15) is 0 Å². The molecule has 6 heteroatoms. The van der Waals surface area contributed by atoms with Gasteiger partial charge in [-0.1, -0.05) is 23.7 Å². The number of amides is 2. The predicted octanol–water partition coefficient (Wildman–Crippen LogP) is 0.288. The Morgan fingerprint density at radius 2 is 2.19 bits per heavy atom. The molecule has 0 aliphatic heterocycles. The first-order chi connectivity index (χ1) is 7.54. The zero-order chi connectivity index (χ0) is 12.1. The molecule has 0 saturated carbocycles. The summed E-state index contributed by atoms with van der Waals surface area (Å²) in [7, 11) is 1.51. The van der Waals surface area contributed by atoms with Crippen LogP contribution in [0, 0.1) is 0 Å². The normalized spacial score (nSPS) is 9.69. The second-order valence-electron chi connectivity index (χ2n) is 3.26. The molecule has 0 bridgehead atoms.